The third kappa shape index (κ3) is 4.24. The number of methoxy groups -OCH3 is 1. The summed E-state index contributed by atoms with van der Waals surface area (Å²) in [6.45, 7) is 0. The number of halogens is 1. The molecule has 0 heterocycles. The summed E-state index contributed by atoms with van der Waals surface area (Å²) in [5.41, 5.74) is 0.612. The van der Waals surface area contributed by atoms with Crippen molar-refractivity contribution in [1.29, 1.82) is 0 Å². The number of hydrogen-bond donors (Lipinski definition) is 2. The van der Waals surface area contributed by atoms with Crippen molar-refractivity contribution >= 4 is 33.2 Å². The standard InChI is InChI=1S/C17H17ClN2O4S/c1-24-16-8-7-13(10-15(16)18)20-25(22,23)14-4-2-3-11(9-14)17(21)19-12-5-6-12/h2-4,7-10,12,20H,5-6H2,1H3,(H,19,21). The van der Waals surface area contributed by atoms with Gasteiger partial charge in [0, 0.05) is 11.6 Å². The quantitative estimate of drug-likeness (QED) is 0.806. The van der Waals surface area contributed by atoms with Crippen LogP contribution >= 0.6 is 11.6 Å². The van der Waals surface area contributed by atoms with Crippen molar-refractivity contribution in [3.63, 3.8) is 0 Å². The van der Waals surface area contributed by atoms with Crippen LogP contribution in [0.25, 0.3) is 0 Å². The molecule has 8 heteroatoms. The summed E-state index contributed by atoms with van der Waals surface area (Å²) in [6, 6.07) is 10.7. The molecule has 25 heavy (non-hydrogen) atoms. The average Bonchev–Trinajstić information content (AvgIpc) is 3.39. The molecule has 0 radical (unpaired) electrons. The van der Waals surface area contributed by atoms with Crippen molar-refractivity contribution in [2.24, 2.45) is 0 Å². The zero-order chi connectivity index (χ0) is 18.0. The molecule has 0 aromatic heterocycles. The summed E-state index contributed by atoms with van der Waals surface area (Å²) in [4.78, 5) is 12.1. The highest BCUT2D eigenvalue weighted by atomic mass is 35.5. The number of nitrogens with one attached hydrogen (secondary N) is 2. The van der Waals surface area contributed by atoms with Crippen molar-refractivity contribution in [2.45, 2.75) is 23.8 Å². The number of rotatable bonds is 6. The Morgan fingerprint density at radius 2 is 1.96 bits per heavy atom. The minimum absolute atomic E-state index is 0.00267. The summed E-state index contributed by atoms with van der Waals surface area (Å²) in [7, 11) is -2.37. The van der Waals surface area contributed by atoms with Gasteiger partial charge in [-0.1, -0.05) is 17.7 Å². The number of amides is 1. The van der Waals surface area contributed by atoms with Crippen LogP contribution in [-0.2, 0) is 10.0 Å². The first-order valence-corrected chi connectivity index (χ1v) is 9.52. The molecule has 6 nitrogen and oxygen atoms in total. The van der Waals surface area contributed by atoms with Gasteiger partial charge in [-0.15, -0.1) is 0 Å². The largest absolute Gasteiger partial charge is 0.495 e. The van der Waals surface area contributed by atoms with Gasteiger partial charge in [-0.3, -0.25) is 9.52 Å². The zero-order valence-corrected chi connectivity index (χ0v) is 15.0. The Bertz CT molecular complexity index is 911. The summed E-state index contributed by atoms with van der Waals surface area (Å²) in [5, 5.41) is 3.13. The first-order valence-electron chi connectivity index (χ1n) is 7.66. The number of hydrogen-bond acceptors (Lipinski definition) is 4. The molecule has 1 aliphatic carbocycles. The summed E-state index contributed by atoms with van der Waals surface area (Å²) in [5.74, 6) is 0.176. The Morgan fingerprint density at radius 3 is 2.60 bits per heavy atom. The first kappa shape index (κ1) is 17.6. The number of carbonyl (C=O) groups is 1. The molecule has 1 aliphatic rings. The lowest BCUT2D eigenvalue weighted by Gasteiger charge is -2.11. The molecule has 2 aromatic rings. The fraction of sp³-hybridized carbons (Fsp3) is 0.235. The SMILES string of the molecule is COc1ccc(NS(=O)(=O)c2cccc(C(=O)NC3CC3)c2)cc1Cl. The van der Waals surface area contributed by atoms with E-state index in [0.717, 1.165) is 12.8 Å². The van der Waals surface area contributed by atoms with Crippen LogP contribution in [0.4, 0.5) is 5.69 Å². The van der Waals surface area contributed by atoms with Crippen molar-refractivity contribution in [3.05, 3.63) is 53.1 Å². The van der Waals surface area contributed by atoms with Crippen LogP contribution < -0.4 is 14.8 Å². The molecule has 0 saturated heterocycles. The maximum atomic E-state index is 12.6. The zero-order valence-electron chi connectivity index (χ0n) is 13.5. The Hall–Kier alpha value is -2.25. The smallest absolute Gasteiger partial charge is 0.261 e. The summed E-state index contributed by atoms with van der Waals surface area (Å²) < 4.78 is 32.6. The fourth-order valence-electron chi connectivity index (χ4n) is 2.24. The molecule has 1 saturated carbocycles. The molecule has 0 aliphatic heterocycles. The Labute approximate surface area is 151 Å². The van der Waals surface area contributed by atoms with Crippen LogP contribution in [0.2, 0.25) is 5.02 Å². The van der Waals surface area contributed by atoms with E-state index < -0.39 is 10.0 Å². The second-order valence-corrected chi connectivity index (χ2v) is 7.82. The van der Waals surface area contributed by atoms with E-state index in [9.17, 15) is 13.2 Å². The van der Waals surface area contributed by atoms with E-state index in [0.29, 0.717) is 22.0 Å². The average molecular weight is 381 g/mol. The van der Waals surface area contributed by atoms with E-state index >= 15 is 0 Å². The van der Waals surface area contributed by atoms with Gasteiger partial charge in [0.2, 0.25) is 0 Å². The molecular weight excluding hydrogens is 364 g/mol. The molecule has 0 spiro atoms. The van der Waals surface area contributed by atoms with Crippen LogP contribution in [0.15, 0.2) is 47.4 Å². The van der Waals surface area contributed by atoms with Gasteiger partial charge in [0.05, 0.1) is 22.7 Å². The predicted octanol–water partition coefficient (Wildman–Crippen LogP) is 3.04. The van der Waals surface area contributed by atoms with Gasteiger partial charge in [0.1, 0.15) is 5.75 Å². The number of anilines is 1. The van der Waals surface area contributed by atoms with Crippen LogP contribution in [0, 0.1) is 0 Å². The maximum absolute atomic E-state index is 12.6. The monoisotopic (exact) mass is 380 g/mol. The molecule has 0 unspecified atom stereocenters. The summed E-state index contributed by atoms with van der Waals surface area (Å²) in [6.07, 6.45) is 1.92. The van der Waals surface area contributed by atoms with Gasteiger partial charge in [0.15, 0.2) is 0 Å². The third-order valence-electron chi connectivity index (χ3n) is 3.72. The minimum atomic E-state index is -3.85. The van der Waals surface area contributed by atoms with E-state index in [-0.39, 0.29) is 16.8 Å². The minimum Gasteiger partial charge on any atom is -0.495 e. The van der Waals surface area contributed by atoms with Gasteiger partial charge in [-0.05, 0) is 49.2 Å². The third-order valence-corrected chi connectivity index (χ3v) is 5.40. The van der Waals surface area contributed by atoms with E-state index in [4.69, 9.17) is 16.3 Å². The Morgan fingerprint density at radius 1 is 1.20 bits per heavy atom. The molecule has 2 N–H and O–H groups in total. The first-order chi connectivity index (χ1) is 11.9. The lowest BCUT2D eigenvalue weighted by atomic mass is 10.2. The molecule has 0 bridgehead atoms. The highest BCUT2D eigenvalue weighted by Crippen LogP contribution is 2.28. The highest BCUT2D eigenvalue weighted by molar-refractivity contribution is 7.92. The Balaban J connectivity index is 1.81. The lowest BCUT2D eigenvalue weighted by molar-refractivity contribution is 0.0951. The van der Waals surface area contributed by atoms with Crippen LogP contribution in [0.3, 0.4) is 0 Å². The number of benzene rings is 2. The van der Waals surface area contributed by atoms with Crippen molar-refractivity contribution in [1.82, 2.24) is 5.32 Å². The number of ether oxygens (including phenoxy) is 1. The normalized spacial score (nSPS) is 14.0. The molecule has 2 aromatic carbocycles. The molecule has 3 rings (SSSR count). The fourth-order valence-corrected chi connectivity index (χ4v) is 3.60. The van der Waals surface area contributed by atoms with Crippen LogP contribution in [0.5, 0.6) is 5.75 Å². The van der Waals surface area contributed by atoms with Crippen molar-refractivity contribution < 1.29 is 17.9 Å². The topological polar surface area (TPSA) is 84.5 Å². The highest BCUT2D eigenvalue weighted by Gasteiger charge is 2.24. The van der Waals surface area contributed by atoms with Gasteiger partial charge >= 0.3 is 0 Å². The number of sulfonamides is 1. The van der Waals surface area contributed by atoms with Crippen molar-refractivity contribution in [2.75, 3.05) is 11.8 Å². The summed E-state index contributed by atoms with van der Waals surface area (Å²) >= 11 is 6.01. The number of carbonyl (C=O) groups excluding carboxylic acids is 1. The van der Waals surface area contributed by atoms with E-state index in [1.165, 1.54) is 31.4 Å². The van der Waals surface area contributed by atoms with E-state index in [1.807, 2.05) is 0 Å². The second kappa shape index (κ2) is 6.93. The lowest BCUT2D eigenvalue weighted by Crippen LogP contribution is -2.25. The maximum Gasteiger partial charge on any atom is 0.261 e. The van der Waals surface area contributed by atoms with Crippen molar-refractivity contribution in [3.8, 4) is 5.75 Å². The molecule has 132 valence electrons. The van der Waals surface area contributed by atoms with Crippen LogP contribution in [-0.4, -0.2) is 27.5 Å². The molecule has 1 fully saturated rings. The predicted molar refractivity (Wildman–Crippen MR) is 95.7 cm³/mol. The van der Waals surface area contributed by atoms with Gasteiger partial charge < -0.3 is 10.1 Å². The van der Waals surface area contributed by atoms with E-state index in [1.54, 1.807) is 18.2 Å². The van der Waals surface area contributed by atoms with Gasteiger partial charge in [-0.2, -0.15) is 0 Å². The van der Waals surface area contributed by atoms with Gasteiger partial charge in [0.25, 0.3) is 15.9 Å². The molecule has 0 atom stereocenters. The van der Waals surface area contributed by atoms with Crippen LogP contribution in [0.1, 0.15) is 23.2 Å². The second-order valence-electron chi connectivity index (χ2n) is 5.73. The van der Waals surface area contributed by atoms with Gasteiger partial charge in [-0.25, -0.2) is 8.42 Å². The molecule has 1 amide bonds. The Kier molecular flexibility index (Phi) is 4.87. The molecular formula is C17H17ClN2O4S. The van der Waals surface area contributed by atoms with E-state index in [2.05, 4.69) is 10.0 Å².